The van der Waals surface area contributed by atoms with Crippen LogP contribution < -0.4 is 9.84 Å². The van der Waals surface area contributed by atoms with Gasteiger partial charge in [0.1, 0.15) is 11.5 Å². The van der Waals surface area contributed by atoms with Gasteiger partial charge >= 0.3 is 0 Å². The summed E-state index contributed by atoms with van der Waals surface area (Å²) in [5.41, 5.74) is 0.362. The monoisotopic (exact) mass is 282 g/mol. The van der Waals surface area contributed by atoms with E-state index in [1.807, 2.05) is 6.07 Å². The van der Waals surface area contributed by atoms with Gasteiger partial charge in [-0.15, -0.1) is 0 Å². The number of ether oxygens (including phenoxy) is 1. The SMILES string of the molecule is O=C([O-])c1cc([N+](=O)[O-])cc2c1C=Cc1ccccc1O2. The van der Waals surface area contributed by atoms with Gasteiger partial charge in [0.15, 0.2) is 0 Å². The van der Waals surface area contributed by atoms with Crippen LogP contribution in [0.25, 0.3) is 12.2 Å². The number of fused-ring (bicyclic) bond motifs is 2. The zero-order valence-electron chi connectivity index (χ0n) is 10.6. The van der Waals surface area contributed by atoms with Gasteiger partial charge in [0.2, 0.25) is 0 Å². The van der Waals surface area contributed by atoms with E-state index < -0.39 is 10.9 Å². The van der Waals surface area contributed by atoms with Gasteiger partial charge in [-0.3, -0.25) is 10.1 Å². The number of benzene rings is 2. The van der Waals surface area contributed by atoms with Crippen LogP contribution in [-0.4, -0.2) is 10.9 Å². The maximum atomic E-state index is 11.2. The molecule has 1 heterocycles. The molecule has 104 valence electrons. The highest BCUT2D eigenvalue weighted by molar-refractivity contribution is 5.95. The first-order chi connectivity index (χ1) is 10.1. The Morgan fingerprint density at radius 1 is 1.10 bits per heavy atom. The zero-order valence-corrected chi connectivity index (χ0v) is 10.6. The summed E-state index contributed by atoms with van der Waals surface area (Å²) in [6.07, 6.45) is 3.25. The van der Waals surface area contributed by atoms with E-state index in [4.69, 9.17) is 4.74 Å². The summed E-state index contributed by atoms with van der Waals surface area (Å²) in [5.74, 6) is -0.879. The lowest BCUT2D eigenvalue weighted by atomic mass is 10.0. The highest BCUT2D eigenvalue weighted by Crippen LogP contribution is 2.37. The summed E-state index contributed by atoms with van der Waals surface area (Å²) in [6.45, 7) is 0. The lowest BCUT2D eigenvalue weighted by Gasteiger charge is -2.12. The predicted octanol–water partition coefficient (Wildman–Crippen LogP) is 2.23. The molecule has 3 rings (SSSR count). The third-order valence-corrected chi connectivity index (χ3v) is 3.13. The Balaban J connectivity index is 2.25. The van der Waals surface area contributed by atoms with Crippen LogP contribution in [0, 0.1) is 10.1 Å². The number of nitrogens with zero attached hydrogens (tertiary/aromatic N) is 1. The van der Waals surface area contributed by atoms with Crippen molar-refractivity contribution in [3.8, 4) is 11.5 Å². The number of nitro groups is 1. The molecule has 0 saturated carbocycles. The third kappa shape index (κ3) is 2.23. The number of hydrogen-bond acceptors (Lipinski definition) is 5. The molecule has 21 heavy (non-hydrogen) atoms. The van der Waals surface area contributed by atoms with Gasteiger partial charge in [0.05, 0.1) is 17.0 Å². The average molecular weight is 282 g/mol. The summed E-state index contributed by atoms with van der Waals surface area (Å²) < 4.78 is 5.63. The summed E-state index contributed by atoms with van der Waals surface area (Å²) in [7, 11) is 0. The van der Waals surface area contributed by atoms with Gasteiger partial charge in [-0.2, -0.15) is 0 Å². The Bertz CT molecular complexity index is 795. The Hall–Kier alpha value is -3.15. The summed E-state index contributed by atoms with van der Waals surface area (Å²) >= 11 is 0. The molecule has 0 saturated heterocycles. The van der Waals surface area contributed by atoms with Crippen LogP contribution in [0.3, 0.4) is 0 Å². The number of carboxylic acids is 1. The van der Waals surface area contributed by atoms with Crippen molar-refractivity contribution < 1.29 is 19.6 Å². The highest BCUT2D eigenvalue weighted by atomic mass is 16.6. The van der Waals surface area contributed by atoms with E-state index in [1.54, 1.807) is 30.4 Å². The number of nitro benzene ring substituents is 1. The lowest BCUT2D eigenvalue weighted by molar-refractivity contribution is -0.385. The van der Waals surface area contributed by atoms with E-state index >= 15 is 0 Å². The molecular weight excluding hydrogens is 274 g/mol. The van der Waals surface area contributed by atoms with Crippen molar-refractivity contribution in [1.29, 1.82) is 0 Å². The summed E-state index contributed by atoms with van der Waals surface area (Å²) in [5, 5.41) is 22.1. The molecule has 2 aromatic carbocycles. The minimum absolute atomic E-state index is 0.115. The van der Waals surface area contributed by atoms with Crippen molar-refractivity contribution in [2.45, 2.75) is 0 Å². The first kappa shape index (κ1) is 12.9. The maximum Gasteiger partial charge on any atom is 0.273 e. The second-order valence-corrected chi connectivity index (χ2v) is 4.42. The molecule has 0 radical (unpaired) electrons. The predicted molar refractivity (Wildman–Crippen MR) is 72.9 cm³/mol. The van der Waals surface area contributed by atoms with E-state index in [9.17, 15) is 20.0 Å². The quantitative estimate of drug-likeness (QED) is 0.530. The largest absolute Gasteiger partial charge is 0.545 e. The first-order valence-corrected chi connectivity index (χ1v) is 6.05. The molecule has 0 N–H and O–H groups in total. The zero-order chi connectivity index (χ0) is 15.0. The number of carboxylic acid groups (broad SMARTS) is 1. The standard InChI is InChI=1S/C15H9NO5/c17-15(18)12-7-10(16(19)20)8-14-11(12)6-5-9-3-1-2-4-13(9)21-14/h1-8H,(H,17,18)/p-1. The molecule has 0 atom stereocenters. The molecule has 0 amide bonds. The van der Waals surface area contributed by atoms with Crippen LogP contribution in [0.2, 0.25) is 0 Å². The second-order valence-electron chi connectivity index (χ2n) is 4.42. The van der Waals surface area contributed by atoms with Gasteiger partial charge < -0.3 is 14.6 Å². The van der Waals surface area contributed by atoms with E-state index in [2.05, 4.69) is 0 Å². The van der Waals surface area contributed by atoms with Gasteiger partial charge in [-0.25, -0.2) is 0 Å². The third-order valence-electron chi connectivity index (χ3n) is 3.13. The van der Waals surface area contributed by atoms with Crippen LogP contribution in [0.15, 0.2) is 36.4 Å². The van der Waals surface area contributed by atoms with Gasteiger partial charge in [0.25, 0.3) is 5.69 Å². The molecule has 2 aromatic rings. The lowest BCUT2D eigenvalue weighted by Crippen LogP contribution is -2.23. The van der Waals surface area contributed by atoms with Crippen LogP contribution in [0.1, 0.15) is 21.5 Å². The summed E-state index contributed by atoms with van der Waals surface area (Å²) in [4.78, 5) is 21.5. The second kappa shape index (κ2) is 4.75. The fourth-order valence-electron chi connectivity index (χ4n) is 2.15. The number of aromatic carboxylic acids is 1. The molecule has 0 aromatic heterocycles. The molecule has 0 unspecified atom stereocenters. The van der Waals surface area contributed by atoms with Crippen LogP contribution in [0.5, 0.6) is 11.5 Å². The molecule has 0 bridgehead atoms. The molecule has 1 aliphatic heterocycles. The molecule has 6 nitrogen and oxygen atoms in total. The number of carbonyl (C=O) groups is 1. The van der Waals surface area contributed by atoms with E-state index in [0.29, 0.717) is 5.75 Å². The maximum absolute atomic E-state index is 11.2. The van der Waals surface area contributed by atoms with Gasteiger partial charge in [0, 0.05) is 22.8 Å². The van der Waals surface area contributed by atoms with Crippen molar-refractivity contribution in [1.82, 2.24) is 0 Å². The Labute approximate surface area is 119 Å². The van der Waals surface area contributed by atoms with E-state index in [1.165, 1.54) is 6.07 Å². The van der Waals surface area contributed by atoms with E-state index in [-0.39, 0.29) is 22.6 Å². The minimum atomic E-state index is -1.49. The molecule has 6 heteroatoms. The molecule has 0 aliphatic carbocycles. The Morgan fingerprint density at radius 2 is 1.86 bits per heavy atom. The van der Waals surface area contributed by atoms with Crippen molar-refractivity contribution in [3.63, 3.8) is 0 Å². The number of carbonyl (C=O) groups excluding carboxylic acids is 1. The highest BCUT2D eigenvalue weighted by Gasteiger charge is 2.19. The topological polar surface area (TPSA) is 92.5 Å². The van der Waals surface area contributed by atoms with Crippen molar-refractivity contribution in [2.24, 2.45) is 0 Å². The average Bonchev–Trinajstić information content (AvgIpc) is 2.64. The van der Waals surface area contributed by atoms with Crippen molar-refractivity contribution >= 4 is 23.8 Å². The number of para-hydroxylation sites is 1. The fourth-order valence-corrected chi connectivity index (χ4v) is 2.15. The van der Waals surface area contributed by atoms with Crippen molar-refractivity contribution in [3.05, 3.63) is 63.2 Å². The number of non-ortho nitro benzene ring substituents is 1. The summed E-state index contributed by atoms with van der Waals surface area (Å²) in [6, 6.07) is 9.24. The first-order valence-electron chi connectivity index (χ1n) is 6.05. The van der Waals surface area contributed by atoms with Crippen molar-refractivity contribution in [2.75, 3.05) is 0 Å². The Kier molecular flexibility index (Phi) is 2.91. The molecule has 1 aliphatic rings. The Morgan fingerprint density at radius 3 is 2.57 bits per heavy atom. The van der Waals surface area contributed by atoms with Gasteiger partial charge in [-0.1, -0.05) is 24.3 Å². The van der Waals surface area contributed by atoms with Crippen LogP contribution in [-0.2, 0) is 0 Å². The van der Waals surface area contributed by atoms with Crippen LogP contribution >= 0.6 is 0 Å². The normalized spacial score (nSPS) is 11.8. The molecule has 0 fully saturated rings. The van der Waals surface area contributed by atoms with Gasteiger partial charge in [-0.05, 0) is 12.1 Å². The van der Waals surface area contributed by atoms with E-state index in [0.717, 1.165) is 11.6 Å². The van der Waals surface area contributed by atoms with Crippen LogP contribution in [0.4, 0.5) is 5.69 Å². The number of rotatable bonds is 2. The molecule has 0 spiro atoms. The molecular formula is C15H8NO5-. The minimum Gasteiger partial charge on any atom is -0.545 e. The smallest absolute Gasteiger partial charge is 0.273 e. The number of hydrogen-bond donors (Lipinski definition) is 0. The fraction of sp³-hybridized carbons (Fsp3) is 0.